The van der Waals surface area contributed by atoms with Gasteiger partial charge in [-0.1, -0.05) is 30.4 Å². The molecule has 0 spiro atoms. The summed E-state index contributed by atoms with van der Waals surface area (Å²) in [4.78, 5) is 36.4. The minimum Gasteiger partial charge on any atom is -0.494 e. The van der Waals surface area contributed by atoms with E-state index in [-0.39, 0.29) is 11.8 Å². The van der Waals surface area contributed by atoms with Crippen molar-refractivity contribution in [1.82, 2.24) is 0 Å². The second kappa shape index (κ2) is 9.05. The van der Waals surface area contributed by atoms with Gasteiger partial charge in [-0.2, -0.15) is 0 Å². The molecule has 0 bridgehead atoms. The maximum atomic E-state index is 12.6. The van der Waals surface area contributed by atoms with Crippen LogP contribution in [-0.4, -0.2) is 30.0 Å². The van der Waals surface area contributed by atoms with Crippen molar-refractivity contribution in [1.29, 1.82) is 0 Å². The number of anilines is 2. The summed E-state index contributed by atoms with van der Waals surface area (Å²) in [7, 11) is 1.46. The van der Waals surface area contributed by atoms with Crippen LogP contribution < -0.4 is 15.4 Å². The van der Waals surface area contributed by atoms with Gasteiger partial charge in [0.1, 0.15) is 5.75 Å². The van der Waals surface area contributed by atoms with E-state index < -0.39 is 17.8 Å². The fraction of sp³-hybridized carbons (Fsp3) is 0.227. The Morgan fingerprint density at radius 2 is 1.66 bits per heavy atom. The fourth-order valence-electron chi connectivity index (χ4n) is 3.27. The Balaban J connectivity index is 1.73. The monoisotopic (exact) mass is 394 g/mol. The summed E-state index contributed by atoms with van der Waals surface area (Å²) in [6, 6.07) is 13.6. The lowest BCUT2D eigenvalue weighted by atomic mass is 9.82. The highest BCUT2D eigenvalue weighted by Crippen LogP contribution is 2.31. The van der Waals surface area contributed by atoms with Crippen molar-refractivity contribution in [2.24, 2.45) is 11.8 Å². The van der Waals surface area contributed by atoms with Crippen LogP contribution in [0.5, 0.6) is 5.75 Å². The van der Waals surface area contributed by atoms with Crippen molar-refractivity contribution >= 4 is 29.2 Å². The molecule has 2 aromatic carbocycles. The summed E-state index contributed by atoms with van der Waals surface area (Å²) in [5.41, 5.74) is 1.43. The molecule has 1 aliphatic carbocycles. The van der Waals surface area contributed by atoms with E-state index in [4.69, 9.17) is 4.74 Å². The van der Waals surface area contributed by atoms with Crippen molar-refractivity contribution in [2.75, 3.05) is 17.7 Å². The zero-order chi connectivity index (χ0) is 20.8. The molecule has 2 atom stereocenters. The Labute approximate surface area is 168 Å². The molecule has 0 saturated carbocycles. The molecule has 3 rings (SSSR count). The van der Waals surface area contributed by atoms with Crippen LogP contribution in [0.3, 0.4) is 0 Å². The number of nitrogens with one attached hydrogen (secondary N) is 2. The molecule has 7 nitrogen and oxygen atoms in total. The molecule has 0 heterocycles. The molecule has 29 heavy (non-hydrogen) atoms. The number of carbonyl (C=O) groups is 3. The van der Waals surface area contributed by atoms with E-state index in [2.05, 4.69) is 10.6 Å². The molecular formula is C22H22N2O5. The van der Waals surface area contributed by atoms with Crippen molar-refractivity contribution in [3.05, 3.63) is 66.2 Å². The topological polar surface area (TPSA) is 105 Å². The summed E-state index contributed by atoms with van der Waals surface area (Å²) in [6.07, 6.45) is 4.33. The third-order valence-corrected chi connectivity index (χ3v) is 4.84. The molecule has 7 heteroatoms. The van der Waals surface area contributed by atoms with E-state index in [1.807, 2.05) is 12.1 Å². The molecule has 0 unspecified atom stereocenters. The average Bonchev–Trinajstić information content (AvgIpc) is 2.75. The van der Waals surface area contributed by atoms with Gasteiger partial charge in [-0.3, -0.25) is 14.4 Å². The van der Waals surface area contributed by atoms with Crippen LogP contribution in [0.1, 0.15) is 23.2 Å². The van der Waals surface area contributed by atoms with Gasteiger partial charge >= 0.3 is 5.97 Å². The van der Waals surface area contributed by atoms with Gasteiger partial charge in [-0.15, -0.1) is 0 Å². The number of benzene rings is 2. The molecule has 2 amide bonds. The van der Waals surface area contributed by atoms with Gasteiger partial charge in [0.25, 0.3) is 5.91 Å². The summed E-state index contributed by atoms with van der Waals surface area (Å²) in [5, 5.41) is 14.9. The van der Waals surface area contributed by atoms with Gasteiger partial charge in [0, 0.05) is 17.3 Å². The van der Waals surface area contributed by atoms with Gasteiger partial charge in [0.2, 0.25) is 5.91 Å². The maximum absolute atomic E-state index is 12.6. The molecule has 150 valence electrons. The summed E-state index contributed by atoms with van der Waals surface area (Å²) in [5.74, 6) is -2.62. The lowest BCUT2D eigenvalue weighted by Gasteiger charge is -2.24. The van der Waals surface area contributed by atoms with Crippen LogP contribution in [0.25, 0.3) is 0 Å². The van der Waals surface area contributed by atoms with E-state index in [0.29, 0.717) is 35.5 Å². The van der Waals surface area contributed by atoms with Gasteiger partial charge in [0.05, 0.1) is 24.6 Å². The number of hydrogen-bond acceptors (Lipinski definition) is 4. The minimum absolute atomic E-state index is 0.279. The van der Waals surface area contributed by atoms with Crippen LogP contribution in [0.15, 0.2) is 60.7 Å². The summed E-state index contributed by atoms with van der Waals surface area (Å²) < 4.78 is 5.34. The normalized spacial score (nSPS) is 18.0. The Morgan fingerprint density at radius 3 is 2.31 bits per heavy atom. The lowest BCUT2D eigenvalue weighted by Crippen LogP contribution is -2.34. The fourth-order valence-corrected chi connectivity index (χ4v) is 3.27. The Kier molecular flexibility index (Phi) is 6.29. The van der Waals surface area contributed by atoms with E-state index in [1.165, 1.54) is 7.11 Å². The Hall–Kier alpha value is -3.61. The quantitative estimate of drug-likeness (QED) is 0.650. The number of hydrogen-bond donors (Lipinski definition) is 3. The SMILES string of the molecule is COc1cc(NC(=O)[C@H]2CC=CC[C@H]2C(=O)O)ccc1NC(=O)c1ccccc1. The van der Waals surface area contributed by atoms with E-state index in [9.17, 15) is 19.5 Å². The highest BCUT2D eigenvalue weighted by molar-refractivity contribution is 6.05. The smallest absolute Gasteiger partial charge is 0.307 e. The van der Waals surface area contributed by atoms with Gasteiger partial charge in [-0.25, -0.2) is 0 Å². The number of ether oxygens (including phenoxy) is 1. The number of aliphatic carboxylic acids is 1. The van der Waals surface area contributed by atoms with Crippen LogP contribution >= 0.6 is 0 Å². The molecule has 0 aromatic heterocycles. The predicted molar refractivity (Wildman–Crippen MR) is 109 cm³/mol. The van der Waals surface area contributed by atoms with Crippen LogP contribution in [0.4, 0.5) is 11.4 Å². The third-order valence-electron chi connectivity index (χ3n) is 4.84. The zero-order valence-electron chi connectivity index (χ0n) is 15.9. The number of allylic oxidation sites excluding steroid dienone is 2. The molecule has 1 aliphatic rings. The summed E-state index contributed by atoms with van der Waals surface area (Å²) >= 11 is 0. The van der Waals surface area contributed by atoms with Crippen LogP contribution in [0, 0.1) is 11.8 Å². The zero-order valence-corrected chi connectivity index (χ0v) is 15.9. The second-order valence-corrected chi connectivity index (χ2v) is 6.72. The first kappa shape index (κ1) is 20.1. The Morgan fingerprint density at radius 1 is 0.966 bits per heavy atom. The molecular weight excluding hydrogens is 372 g/mol. The van der Waals surface area contributed by atoms with Gasteiger partial charge in [0.15, 0.2) is 0 Å². The van der Waals surface area contributed by atoms with Crippen molar-refractivity contribution in [3.8, 4) is 5.75 Å². The number of carbonyl (C=O) groups excluding carboxylic acids is 2. The van der Waals surface area contributed by atoms with Crippen LogP contribution in [0.2, 0.25) is 0 Å². The van der Waals surface area contributed by atoms with Crippen molar-refractivity contribution < 1.29 is 24.2 Å². The number of amides is 2. The minimum atomic E-state index is -0.981. The highest BCUT2D eigenvalue weighted by Gasteiger charge is 2.34. The largest absolute Gasteiger partial charge is 0.494 e. The van der Waals surface area contributed by atoms with E-state index in [1.54, 1.807) is 48.5 Å². The molecule has 2 aromatic rings. The van der Waals surface area contributed by atoms with Gasteiger partial charge in [-0.05, 0) is 37.1 Å². The van der Waals surface area contributed by atoms with Crippen LogP contribution in [-0.2, 0) is 9.59 Å². The summed E-state index contributed by atoms with van der Waals surface area (Å²) in [6.45, 7) is 0. The highest BCUT2D eigenvalue weighted by atomic mass is 16.5. The molecule has 0 aliphatic heterocycles. The first-order valence-electron chi connectivity index (χ1n) is 9.22. The number of carboxylic acids is 1. The Bertz CT molecular complexity index is 939. The average molecular weight is 394 g/mol. The van der Waals surface area contributed by atoms with Gasteiger partial charge < -0.3 is 20.5 Å². The number of rotatable bonds is 6. The molecule has 0 fully saturated rings. The first-order chi connectivity index (χ1) is 14.0. The molecule has 3 N–H and O–H groups in total. The molecule has 0 radical (unpaired) electrons. The second-order valence-electron chi connectivity index (χ2n) is 6.72. The first-order valence-corrected chi connectivity index (χ1v) is 9.22. The van der Waals surface area contributed by atoms with Crippen molar-refractivity contribution in [2.45, 2.75) is 12.8 Å². The third kappa shape index (κ3) is 4.82. The predicted octanol–water partition coefficient (Wildman–Crippen LogP) is 3.55. The van der Waals surface area contributed by atoms with E-state index in [0.717, 1.165) is 0 Å². The van der Waals surface area contributed by atoms with E-state index >= 15 is 0 Å². The number of carboxylic acid groups (broad SMARTS) is 1. The standard InChI is InChI=1S/C22H22N2O5/c1-29-19-13-15(23-21(26)16-9-5-6-10-17(16)22(27)28)11-12-18(19)24-20(25)14-7-3-2-4-8-14/h2-8,11-13,16-17H,9-10H2,1H3,(H,23,26)(H,24,25)(H,27,28)/t16-,17+/m0/s1. The van der Waals surface area contributed by atoms with Crippen molar-refractivity contribution in [3.63, 3.8) is 0 Å². The molecule has 0 saturated heterocycles. The lowest BCUT2D eigenvalue weighted by molar-refractivity contribution is -0.146. The maximum Gasteiger partial charge on any atom is 0.307 e. The number of methoxy groups -OCH3 is 1.